The number of amides is 1. The number of hydrogen-bond donors (Lipinski definition) is 2. The zero-order valence-electron chi connectivity index (χ0n) is 11.8. The highest BCUT2D eigenvalue weighted by Crippen LogP contribution is 2.38. The Kier molecular flexibility index (Phi) is 4.76. The van der Waals surface area contributed by atoms with E-state index in [-0.39, 0.29) is 24.0 Å². The van der Waals surface area contributed by atoms with Gasteiger partial charge in [0.05, 0.1) is 23.8 Å². The minimum atomic E-state index is -0.313. The van der Waals surface area contributed by atoms with E-state index in [0.29, 0.717) is 16.4 Å². The van der Waals surface area contributed by atoms with Crippen LogP contribution in [0.3, 0.4) is 0 Å². The van der Waals surface area contributed by atoms with Crippen LogP contribution in [0.1, 0.15) is 24.8 Å². The Balaban J connectivity index is 2.48. The Labute approximate surface area is 127 Å². The van der Waals surface area contributed by atoms with Crippen LogP contribution < -0.4 is 10.1 Å². The average molecular weight is 304 g/mol. The molecule has 0 spiro atoms. The van der Waals surface area contributed by atoms with Crippen LogP contribution in [0.25, 0.3) is 0 Å². The number of nitriles is 1. The van der Waals surface area contributed by atoms with E-state index in [4.69, 9.17) is 4.74 Å². The summed E-state index contributed by atoms with van der Waals surface area (Å²) in [6, 6.07) is 7.10. The standard InChI is InChI=1S/C15H16N2O3S/c1-3-21-15-11(8-16)10(7-14(19)17-15)9-4-5-12(18)13(6-9)20-2/h4-6,10,18H,3,7H2,1-2H3,(H,17,19)/t10-/m0/s1. The Morgan fingerprint density at radius 2 is 2.33 bits per heavy atom. The van der Waals surface area contributed by atoms with Crippen molar-refractivity contribution in [2.75, 3.05) is 12.9 Å². The van der Waals surface area contributed by atoms with Gasteiger partial charge in [0.2, 0.25) is 5.91 Å². The van der Waals surface area contributed by atoms with Gasteiger partial charge in [-0.3, -0.25) is 4.79 Å². The van der Waals surface area contributed by atoms with Crippen molar-refractivity contribution in [3.63, 3.8) is 0 Å². The van der Waals surface area contributed by atoms with Crippen molar-refractivity contribution in [1.29, 1.82) is 5.26 Å². The lowest BCUT2D eigenvalue weighted by molar-refractivity contribution is -0.120. The van der Waals surface area contributed by atoms with E-state index in [2.05, 4.69) is 11.4 Å². The van der Waals surface area contributed by atoms with E-state index in [9.17, 15) is 15.2 Å². The van der Waals surface area contributed by atoms with Gasteiger partial charge in [-0.1, -0.05) is 13.0 Å². The fourth-order valence-electron chi connectivity index (χ4n) is 2.27. The van der Waals surface area contributed by atoms with Gasteiger partial charge in [-0.05, 0) is 23.4 Å². The molecule has 0 unspecified atom stereocenters. The van der Waals surface area contributed by atoms with Crippen molar-refractivity contribution in [3.8, 4) is 17.6 Å². The van der Waals surface area contributed by atoms with Gasteiger partial charge in [-0.25, -0.2) is 0 Å². The van der Waals surface area contributed by atoms with E-state index < -0.39 is 0 Å². The number of phenolic OH excluding ortho intramolecular Hbond substituents is 1. The number of nitrogens with one attached hydrogen (secondary N) is 1. The predicted octanol–water partition coefficient (Wildman–Crippen LogP) is 2.49. The first-order valence-corrected chi connectivity index (χ1v) is 7.53. The molecule has 2 rings (SSSR count). The summed E-state index contributed by atoms with van der Waals surface area (Å²) in [6.45, 7) is 1.96. The molecule has 1 aromatic carbocycles. The lowest BCUT2D eigenvalue weighted by Gasteiger charge is -2.25. The summed E-state index contributed by atoms with van der Waals surface area (Å²) in [6.07, 6.45) is 0.213. The normalized spacial score (nSPS) is 18.1. The Morgan fingerprint density at radius 3 is 2.95 bits per heavy atom. The molecule has 21 heavy (non-hydrogen) atoms. The lowest BCUT2D eigenvalue weighted by atomic mass is 9.87. The number of rotatable bonds is 4. The number of ether oxygens (including phenoxy) is 1. The molecule has 5 nitrogen and oxygen atoms in total. The van der Waals surface area contributed by atoms with Crippen molar-refractivity contribution in [3.05, 3.63) is 34.4 Å². The van der Waals surface area contributed by atoms with E-state index in [1.165, 1.54) is 24.9 Å². The fourth-order valence-corrected chi connectivity index (χ4v) is 3.09. The van der Waals surface area contributed by atoms with Crippen LogP contribution in [-0.4, -0.2) is 23.9 Å². The van der Waals surface area contributed by atoms with Crippen LogP contribution in [0.4, 0.5) is 0 Å². The Morgan fingerprint density at radius 1 is 1.57 bits per heavy atom. The topological polar surface area (TPSA) is 82.3 Å². The molecular weight excluding hydrogens is 288 g/mol. The molecule has 0 saturated carbocycles. The van der Waals surface area contributed by atoms with Crippen LogP contribution in [0.2, 0.25) is 0 Å². The molecule has 0 bridgehead atoms. The quantitative estimate of drug-likeness (QED) is 0.893. The first-order chi connectivity index (χ1) is 10.1. The molecular formula is C15H16N2O3S. The molecule has 1 amide bonds. The second-order valence-corrected chi connectivity index (χ2v) is 5.80. The van der Waals surface area contributed by atoms with Gasteiger partial charge in [0.25, 0.3) is 0 Å². The van der Waals surface area contributed by atoms with Crippen molar-refractivity contribution in [1.82, 2.24) is 5.32 Å². The van der Waals surface area contributed by atoms with Gasteiger partial charge in [0.15, 0.2) is 11.5 Å². The van der Waals surface area contributed by atoms with Crippen LogP contribution in [0.5, 0.6) is 11.5 Å². The van der Waals surface area contributed by atoms with Gasteiger partial charge in [0, 0.05) is 12.3 Å². The van der Waals surface area contributed by atoms with Gasteiger partial charge >= 0.3 is 0 Å². The highest BCUT2D eigenvalue weighted by Gasteiger charge is 2.29. The van der Waals surface area contributed by atoms with Crippen LogP contribution in [0, 0.1) is 11.3 Å². The van der Waals surface area contributed by atoms with Crippen LogP contribution in [-0.2, 0) is 4.79 Å². The highest BCUT2D eigenvalue weighted by atomic mass is 32.2. The van der Waals surface area contributed by atoms with Crippen LogP contribution >= 0.6 is 11.8 Å². The summed E-state index contributed by atoms with van der Waals surface area (Å²) in [5.41, 5.74) is 1.33. The number of phenols is 1. The molecule has 6 heteroatoms. The third-order valence-corrected chi connectivity index (χ3v) is 4.15. The number of carbonyl (C=O) groups is 1. The number of aromatic hydroxyl groups is 1. The number of benzene rings is 1. The second-order valence-electron chi connectivity index (χ2n) is 4.52. The van der Waals surface area contributed by atoms with Gasteiger partial charge in [0.1, 0.15) is 0 Å². The molecule has 1 atom stereocenters. The molecule has 0 aromatic heterocycles. The summed E-state index contributed by atoms with van der Waals surface area (Å²) in [4.78, 5) is 11.9. The third-order valence-electron chi connectivity index (χ3n) is 3.25. The maximum atomic E-state index is 11.9. The number of carbonyl (C=O) groups excluding carboxylic acids is 1. The summed E-state index contributed by atoms with van der Waals surface area (Å²) in [5, 5.41) is 22.5. The number of nitrogens with zero attached hydrogens (tertiary/aromatic N) is 1. The SMILES string of the molecule is CCSC1=C(C#N)[C@H](c2ccc(O)c(OC)c2)CC(=O)N1. The minimum absolute atomic E-state index is 0.0344. The summed E-state index contributed by atoms with van der Waals surface area (Å²) in [7, 11) is 1.46. The molecule has 110 valence electrons. The zero-order chi connectivity index (χ0) is 15.4. The fraction of sp³-hybridized carbons (Fsp3) is 0.333. The van der Waals surface area contributed by atoms with E-state index in [1.807, 2.05) is 6.92 Å². The molecule has 0 saturated heterocycles. The van der Waals surface area contributed by atoms with Crippen molar-refractivity contribution in [2.45, 2.75) is 19.3 Å². The van der Waals surface area contributed by atoms with E-state index in [1.54, 1.807) is 12.1 Å². The number of methoxy groups -OCH3 is 1. The highest BCUT2D eigenvalue weighted by molar-refractivity contribution is 8.03. The second kappa shape index (κ2) is 6.55. The molecule has 0 aliphatic carbocycles. The Hall–Kier alpha value is -2.13. The molecule has 1 aliphatic rings. The molecule has 1 aromatic rings. The largest absolute Gasteiger partial charge is 0.504 e. The number of allylic oxidation sites excluding steroid dienone is 1. The third kappa shape index (κ3) is 3.14. The van der Waals surface area contributed by atoms with Gasteiger partial charge in [-0.2, -0.15) is 5.26 Å². The Bertz CT molecular complexity index is 634. The van der Waals surface area contributed by atoms with E-state index >= 15 is 0 Å². The van der Waals surface area contributed by atoms with Crippen LogP contribution in [0.15, 0.2) is 28.8 Å². The molecule has 0 fully saturated rings. The number of hydrogen-bond acceptors (Lipinski definition) is 5. The smallest absolute Gasteiger partial charge is 0.225 e. The monoisotopic (exact) mass is 304 g/mol. The maximum Gasteiger partial charge on any atom is 0.225 e. The van der Waals surface area contributed by atoms with Gasteiger partial charge < -0.3 is 15.2 Å². The summed E-state index contributed by atoms with van der Waals surface area (Å²) in [5.74, 6) is 0.716. The van der Waals surface area contributed by atoms with E-state index in [0.717, 1.165) is 11.3 Å². The first kappa shape index (κ1) is 15.3. The molecule has 2 N–H and O–H groups in total. The first-order valence-electron chi connectivity index (χ1n) is 6.54. The summed E-state index contributed by atoms with van der Waals surface area (Å²) < 4.78 is 5.09. The number of thioether (sulfide) groups is 1. The maximum absolute atomic E-state index is 11.9. The zero-order valence-corrected chi connectivity index (χ0v) is 12.7. The molecule has 1 heterocycles. The van der Waals surface area contributed by atoms with Gasteiger partial charge in [-0.15, -0.1) is 11.8 Å². The lowest BCUT2D eigenvalue weighted by Crippen LogP contribution is -2.30. The van der Waals surface area contributed by atoms with Crippen molar-refractivity contribution >= 4 is 17.7 Å². The predicted molar refractivity (Wildman–Crippen MR) is 80.9 cm³/mol. The summed E-state index contributed by atoms with van der Waals surface area (Å²) >= 11 is 1.44. The minimum Gasteiger partial charge on any atom is -0.504 e. The van der Waals surface area contributed by atoms with Crippen molar-refractivity contribution < 1.29 is 14.6 Å². The molecule has 0 radical (unpaired) electrons. The molecule has 1 aliphatic heterocycles. The van der Waals surface area contributed by atoms with Crippen molar-refractivity contribution in [2.24, 2.45) is 0 Å². The average Bonchev–Trinajstić information content (AvgIpc) is 2.47.